The van der Waals surface area contributed by atoms with E-state index in [0.717, 1.165) is 29.6 Å². The molecule has 0 saturated carbocycles. The molecule has 0 radical (unpaired) electrons. The Morgan fingerprint density at radius 1 is 1.41 bits per heavy atom. The summed E-state index contributed by atoms with van der Waals surface area (Å²) in [6, 6.07) is 8.22. The number of rotatable bonds is 5. The van der Waals surface area contributed by atoms with Crippen molar-refractivity contribution in [1.29, 1.82) is 0 Å². The summed E-state index contributed by atoms with van der Waals surface area (Å²) in [6.45, 7) is 3.15. The molecule has 0 unspecified atom stereocenters. The van der Waals surface area contributed by atoms with E-state index in [1.165, 1.54) is 6.07 Å². The highest BCUT2D eigenvalue weighted by molar-refractivity contribution is 9.10. The zero-order chi connectivity index (χ0) is 19.1. The second-order valence-corrected chi connectivity index (χ2v) is 7.71. The number of carboxylic acids is 1. The standard InChI is InChI=1S/C20H18BrFN2O3/c1-11-6-13(20(25)26)7-17-19(11)23-18(24(17)10-15-4-5-27-15)8-12-2-3-14(21)9-16(12)22/h2-3,6-7,9,15H,4-5,8,10H2,1H3,(H,25,26)/t15-/m0/s1. The van der Waals surface area contributed by atoms with Crippen LogP contribution in [-0.4, -0.2) is 33.3 Å². The number of halogens is 2. The number of aromatic carboxylic acids is 1. The third-order valence-corrected chi connectivity index (χ3v) is 5.41. The Morgan fingerprint density at radius 2 is 2.19 bits per heavy atom. The molecule has 0 amide bonds. The number of aryl methyl sites for hydroxylation is 1. The van der Waals surface area contributed by atoms with Gasteiger partial charge in [-0.3, -0.25) is 0 Å². The van der Waals surface area contributed by atoms with Gasteiger partial charge in [-0.05, 0) is 48.7 Å². The number of carbonyl (C=O) groups is 1. The fourth-order valence-electron chi connectivity index (χ4n) is 3.37. The van der Waals surface area contributed by atoms with Gasteiger partial charge in [-0.15, -0.1) is 0 Å². The van der Waals surface area contributed by atoms with E-state index in [9.17, 15) is 14.3 Å². The maximum absolute atomic E-state index is 14.3. The normalized spacial score (nSPS) is 16.5. The molecular weight excluding hydrogens is 415 g/mol. The molecule has 1 fully saturated rings. The van der Waals surface area contributed by atoms with Gasteiger partial charge in [0.25, 0.3) is 0 Å². The second-order valence-electron chi connectivity index (χ2n) is 6.80. The molecule has 1 N–H and O–H groups in total. The van der Waals surface area contributed by atoms with Crippen molar-refractivity contribution < 1.29 is 19.0 Å². The number of ether oxygens (including phenoxy) is 1. The SMILES string of the molecule is Cc1cc(C(=O)O)cc2c1nc(Cc1ccc(Br)cc1F)n2C[C@@H]1CCO1. The molecule has 3 aromatic rings. The lowest BCUT2D eigenvalue weighted by atomic mass is 10.1. The first-order valence-corrected chi connectivity index (χ1v) is 9.50. The molecule has 5 nitrogen and oxygen atoms in total. The molecule has 0 spiro atoms. The van der Waals surface area contributed by atoms with E-state index in [1.807, 2.05) is 11.5 Å². The molecule has 2 heterocycles. The van der Waals surface area contributed by atoms with Gasteiger partial charge in [0, 0.05) is 17.5 Å². The number of nitrogens with zero attached hydrogens (tertiary/aromatic N) is 2. The van der Waals surface area contributed by atoms with Gasteiger partial charge in [-0.25, -0.2) is 14.2 Å². The van der Waals surface area contributed by atoms with Crippen LogP contribution in [0, 0.1) is 12.7 Å². The summed E-state index contributed by atoms with van der Waals surface area (Å²) in [4.78, 5) is 16.2. The van der Waals surface area contributed by atoms with Crippen LogP contribution in [0.15, 0.2) is 34.8 Å². The van der Waals surface area contributed by atoms with Crippen molar-refractivity contribution in [3.63, 3.8) is 0 Å². The molecule has 1 aliphatic rings. The number of hydrogen-bond donors (Lipinski definition) is 1. The quantitative estimate of drug-likeness (QED) is 0.651. The lowest BCUT2D eigenvalue weighted by Gasteiger charge is -2.27. The number of hydrogen-bond acceptors (Lipinski definition) is 3. The first-order chi connectivity index (χ1) is 12.9. The van der Waals surface area contributed by atoms with Gasteiger partial charge in [-0.1, -0.05) is 22.0 Å². The Hall–Kier alpha value is -2.25. The average molecular weight is 433 g/mol. The highest BCUT2D eigenvalue weighted by Crippen LogP contribution is 2.27. The Bertz CT molecular complexity index is 1040. The number of benzene rings is 2. The van der Waals surface area contributed by atoms with E-state index in [0.29, 0.717) is 28.8 Å². The molecular formula is C20H18BrFN2O3. The number of aromatic nitrogens is 2. The largest absolute Gasteiger partial charge is 0.478 e. The molecule has 0 aliphatic carbocycles. The summed E-state index contributed by atoms with van der Waals surface area (Å²) in [6.07, 6.45) is 1.34. The molecule has 1 aliphatic heterocycles. The van der Waals surface area contributed by atoms with Crippen LogP contribution in [-0.2, 0) is 17.7 Å². The zero-order valence-electron chi connectivity index (χ0n) is 14.7. The fraction of sp³-hybridized carbons (Fsp3) is 0.300. The van der Waals surface area contributed by atoms with Crippen molar-refractivity contribution in [1.82, 2.24) is 9.55 Å². The summed E-state index contributed by atoms with van der Waals surface area (Å²) in [5, 5.41) is 9.39. The Morgan fingerprint density at radius 3 is 2.81 bits per heavy atom. The van der Waals surface area contributed by atoms with E-state index in [2.05, 4.69) is 15.9 Å². The molecule has 27 heavy (non-hydrogen) atoms. The van der Waals surface area contributed by atoms with Crippen LogP contribution in [0.2, 0.25) is 0 Å². The van der Waals surface area contributed by atoms with E-state index >= 15 is 0 Å². The van der Waals surface area contributed by atoms with Gasteiger partial charge < -0.3 is 14.4 Å². The minimum Gasteiger partial charge on any atom is -0.478 e. The number of fused-ring (bicyclic) bond motifs is 1. The fourth-order valence-corrected chi connectivity index (χ4v) is 3.70. The van der Waals surface area contributed by atoms with Crippen molar-refractivity contribution in [3.05, 3.63) is 63.1 Å². The lowest BCUT2D eigenvalue weighted by molar-refractivity contribution is -0.0589. The number of carboxylic acid groups (broad SMARTS) is 1. The summed E-state index contributed by atoms with van der Waals surface area (Å²) in [7, 11) is 0. The van der Waals surface area contributed by atoms with Crippen LogP contribution >= 0.6 is 15.9 Å². The molecule has 7 heteroatoms. The molecule has 140 valence electrons. The predicted molar refractivity (Wildman–Crippen MR) is 103 cm³/mol. The van der Waals surface area contributed by atoms with Crippen LogP contribution < -0.4 is 0 Å². The van der Waals surface area contributed by atoms with Crippen LogP contribution in [0.4, 0.5) is 4.39 Å². The predicted octanol–water partition coefficient (Wildman–Crippen LogP) is 4.32. The Labute approximate surface area is 163 Å². The summed E-state index contributed by atoms with van der Waals surface area (Å²) < 4.78 is 22.6. The smallest absolute Gasteiger partial charge is 0.335 e. The first kappa shape index (κ1) is 18.1. The Kier molecular flexibility index (Phi) is 4.74. The molecule has 2 aromatic carbocycles. The van der Waals surface area contributed by atoms with E-state index in [-0.39, 0.29) is 17.5 Å². The van der Waals surface area contributed by atoms with E-state index in [1.54, 1.807) is 24.3 Å². The Balaban J connectivity index is 1.83. The van der Waals surface area contributed by atoms with Crippen molar-refractivity contribution in [2.75, 3.05) is 6.61 Å². The van der Waals surface area contributed by atoms with Crippen molar-refractivity contribution in [2.24, 2.45) is 0 Å². The van der Waals surface area contributed by atoms with Crippen molar-refractivity contribution >= 4 is 32.9 Å². The van der Waals surface area contributed by atoms with Crippen LogP contribution in [0.3, 0.4) is 0 Å². The topological polar surface area (TPSA) is 64.3 Å². The molecule has 4 rings (SSSR count). The van der Waals surface area contributed by atoms with Gasteiger partial charge >= 0.3 is 5.97 Å². The second kappa shape index (κ2) is 7.05. The summed E-state index contributed by atoms with van der Waals surface area (Å²) >= 11 is 3.27. The summed E-state index contributed by atoms with van der Waals surface area (Å²) in [5.74, 6) is -0.577. The van der Waals surface area contributed by atoms with Crippen molar-refractivity contribution in [2.45, 2.75) is 32.4 Å². The first-order valence-electron chi connectivity index (χ1n) is 8.71. The maximum atomic E-state index is 14.3. The lowest BCUT2D eigenvalue weighted by Crippen LogP contribution is -2.31. The monoisotopic (exact) mass is 432 g/mol. The summed E-state index contributed by atoms with van der Waals surface area (Å²) in [5.41, 5.74) is 3.04. The molecule has 0 bridgehead atoms. The van der Waals surface area contributed by atoms with Crippen LogP contribution in [0.5, 0.6) is 0 Å². The van der Waals surface area contributed by atoms with Crippen LogP contribution in [0.1, 0.15) is 33.7 Å². The molecule has 1 atom stereocenters. The van der Waals surface area contributed by atoms with E-state index < -0.39 is 5.97 Å². The highest BCUT2D eigenvalue weighted by atomic mass is 79.9. The van der Waals surface area contributed by atoms with Gasteiger partial charge in [0.05, 0.1) is 29.2 Å². The number of imidazole rings is 1. The third-order valence-electron chi connectivity index (χ3n) is 4.91. The van der Waals surface area contributed by atoms with Gasteiger partial charge in [-0.2, -0.15) is 0 Å². The highest BCUT2D eigenvalue weighted by Gasteiger charge is 2.23. The van der Waals surface area contributed by atoms with Gasteiger partial charge in [0.15, 0.2) is 0 Å². The van der Waals surface area contributed by atoms with Crippen molar-refractivity contribution in [3.8, 4) is 0 Å². The minimum atomic E-state index is -0.979. The maximum Gasteiger partial charge on any atom is 0.335 e. The van der Waals surface area contributed by atoms with Gasteiger partial charge in [0.1, 0.15) is 11.6 Å². The minimum absolute atomic E-state index is 0.0738. The third kappa shape index (κ3) is 3.49. The average Bonchev–Trinajstić information content (AvgIpc) is 2.91. The van der Waals surface area contributed by atoms with Gasteiger partial charge in [0.2, 0.25) is 0 Å². The van der Waals surface area contributed by atoms with E-state index in [4.69, 9.17) is 9.72 Å². The molecule has 1 aromatic heterocycles. The zero-order valence-corrected chi connectivity index (χ0v) is 16.3. The molecule has 1 saturated heterocycles. The van der Waals surface area contributed by atoms with Crippen LogP contribution in [0.25, 0.3) is 11.0 Å².